The lowest BCUT2D eigenvalue weighted by Crippen LogP contribution is -2.25. The van der Waals surface area contributed by atoms with Crippen LogP contribution in [0.2, 0.25) is 0 Å². The fraction of sp³-hybridized carbons (Fsp3) is 0.273. The lowest BCUT2D eigenvalue weighted by Gasteiger charge is -2.18. The number of nitrogens with zero attached hydrogens (tertiary/aromatic N) is 2. The summed E-state index contributed by atoms with van der Waals surface area (Å²) >= 11 is 0. The number of rotatable bonds is 7. The van der Waals surface area contributed by atoms with Crippen molar-refractivity contribution in [1.29, 1.82) is 0 Å². The van der Waals surface area contributed by atoms with E-state index in [-0.39, 0.29) is 18.4 Å². The van der Waals surface area contributed by atoms with Gasteiger partial charge in [0.15, 0.2) is 0 Å². The minimum Gasteiger partial charge on any atom is -0.494 e. The van der Waals surface area contributed by atoms with E-state index in [4.69, 9.17) is 9.47 Å². The Morgan fingerprint density at radius 3 is 2.52 bits per heavy atom. The molecule has 1 aromatic heterocycles. The molecule has 0 spiro atoms. The molecule has 154 valence electrons. The van der Waals surface area contributed by atoms with Gasteiger partial charge >= 0.3 is 6.09 Å². The third-order valence-electron chi connectivity index (χ3n) is 4.45. The van der Waals surface area contributed by atoms with E-state index in [1.165, 1.54) is 4.90 Å². The van der Waals surface area contributed by atoms with Crippen LogP contribution in [0.3, 0.4) is 0 Å². The monoisotopic (exact) mass is 415 g/mol. The number of halogens is 1. The second-order valence-corrected chi connectivity index (χ2v) is 6.67. The van der Waals surface area contributed by atoms with Crippen molar-refractivity contribution in [1.82, 2.24) is 15.2 Å². The van der Waals surface area contributed by atoms with Crippen LogP contribution in [0.15, 0.2) is 60.8 Å². The molecule has 0 saturated carbocycles. The first-order chi connectivity index (χ1) is 13.6. The number of hydrogen-bond acceptors (Lipinski definition) is 5. The smallest absolute Gasteiger partial charge is 0.414 e. The Morgan fingerprint density at radius 2 is 1.83 bits per heavy atom. The topological polar surface area (TPSA) is 63.7 Å². The molecule has 1 unspecified atom stereocenters. The zero-order chi connectivity index (χ0) is 19.9. The van der Waals surface area contributed by atoms with Crippen LogP contribution >= 0.6 is 12.4 Å². The molecule has 1 atom stereocenters. The van der Waals surface area contributed by atoms with Crippen molar-refractivity contribution in [2.45, 2.75) is 12.5 Å². The predicted molar refractivity (Wildman–Crippen MR) is 117 cm³/mol. The van der Waals surface area contributed by atoms with Crippen molar-refractivity contribution in [2.75, 3.05) is 27.7 Å². The summed E-state index contributed by atoms with van der Waals surface area (Å²) < 4.78 is 11.2. The minimum absolute atomic E-state index is 0. The van der Waals surface area contributed by atoms with Gasteiger partial charge in [-0.25, -0.2) is 4.79 Å². The van der Waals surface area contributed by atoms with Crippen LogP contribution < -0.4 is 14.8 Å². The lowest BCUT2D eigenvalue weighted by atomic mass is 10.0. The van der Waals surface area contributed by atoms with Crippen molar-refractivity contribution in [2.24, 2.45) is 0 Å². The Labute approximate surface area is 177 Å². The lowest BCUT2D eigenvalue weighted by molar-refractivity contribution is 0.172. The standard InChI is InChI=1S/C22H25N3O3.ClH/c1-23-20(16-6-8-18(9-7-16)28-22(26)25(2)3)12-14-27-19-10-11-21-17(15-19)5-4-13-24-21;/h4-11,13,15,20,23H,12,14H2,1-3H3;1H. The van der Waals surface area contributed by atoms with Crippen LogP contribution in [0.4, 0.5) is 4.79 Å². The SMILES string of the molecule is CNC(CCOc1ccc2ncccc2c1)c1ccc(OC(=O)N(C)C)cc1.Cl. The minimum atomic E-state index is -0.392. The van der Waals surface area contributed by atoms with Gasteiger partial charge in [-0.15, -0.1) is 12.4 Å². The summed E-state index contributed by atoms with van der Waals surface area (Å²) in [6, 6.07) is 17.5. The molecule has 1 N–H and O–H groups in total. The Hall–Kier alpha value is -2.83. The third-order valence-corrected chi connectivity index (χ3v) is 4.45. The zero-order valence-electron chi connectivity index (χ0n) is 16.8. The maximum absolute atomic E-state index is 11.6. The highest BCUT2D eigenvalue weighted by Gasteiger charge is 2.11. The molecule has 0 aliphatic carbocycles. The highest BCUT2D eigenvalue weighted by molar-refractivity contribution is 5.85. The average molecular weight is 416 g/mol. The number of pyridine rings is 1. The molecule has 2 aromatic carbocycles. The van der Waals surface area contributed by atoms with Crippen LogP contribution in [0.1, 0.15) is 18.0 Å². The van der Waals surface area contributed by atoms with Gasteiger partial charge in [-0.2, -0.15) is 0 Å². The quantitative estimate of drug-likeness (QED) is 0.617. The Bertz CT molecular complexity index is 932. The van der Waals surface area contributed by atoms with Gasteiger partial charge in [-0.1, -0.05) is 18.2 Å². The van der Waals surface area contributed by atoms with E-state index >= 15 is 0 Å². The van der Waals surface area contributed by atoms with Crippen molar-refractivity contribution >= 4 is 29.4 Å². The number of aromatic nitrogens is 1. The van der Waals surface area contributed by atoms with E-state index in [9.17, 15) is 4.79 Å². The highest BCUT2D eigenvalue weighted by atomic mass is 35.5. The number of carbonyl (C=O) groups excluding carboxylic acids is 1. The number of hydrogen-bond donors (Lipinski definition) is 1. The van der Waals surface area contributed by atoms with Crippen molar-refractivity contribution in [3.63, 3.8) is 0 Å². The molecule has 0 aliphatic heterocycles. The first-order valence-electron chi connectivity index (χ1n) is 9.21. The van der Waals surface area contributed by atoms with Gasteiger partial charge in [0.25, 0.3) is 0 Å². The van der Waals surface area contributed by atoms with Crippen LogP contribution in [-0.4, -0.2) is 43.7 Å². The summed E-state index contributed by atoms with van der Waals surface area (Å²) in [7, 11) is 5.23. The number of ether oxygens (including phenoxy) is 2. The zero-order valence-corrected chi connectivity index (χ0v) is 17.6. The highest BCUT2D eigenvalue weighted by Crippen LogP contribution is 2.22. The van der Waals surface area contributed by atoms with Gasteiger partial charge in [0.1, 0.15) is 11.5 Å². The summed E-state index contributed by atoms with van der Waals surface area (Å²) in [4.78, 5) is 17.3. The Balaban J connectivity index is 0.00000300. The number of amides is 1. The Kier molecular flexibility index (Phi) is 8.24. The number of carbonyl (C=O) groups is 1. The molecule has 0 aliphatic rings. The van der Waals surface area contributed by atoms with Gasteiger partial charge in [0.05, 0.1) is 12.1 Å². The van der Waals surface area contributed by atoms with Crippen LogP contribution in [0.5, 0.6) is 11.5 Å². The van der Waals surface area contributed by atoms with Gasteiger partial charge in [-0.3, -0.25) is 4.98 Å². The second-order valence-electron chi connectivity index (χ2n) is 6.67. The molecular formula is C22H26ClN3O3. The Morgan fingerprint density at radius 1 is 1.10 bits per heavy atom. The summed E-state index contributed by atoms with van der Waals surface area (Å²) in [5, 5.41) is 4.37. The van der Waals surface area contributed by atoms with Crippen molar-refractivity contribution in [3.05, 3.63) is 66.4 Å². The molecule has 0 bridgehead atoms. The molecule has 6 nitrogen and oxygen atoms in total. The summed E-state index contributed by atoms with van der Waals surface area (Å²) in [5.41, 5.74) is 2.07. The van der Waals surface area contributed by atoms with Crippen LogP contribution in [-0.2, 0) is 0 Å². The first kappa shape index (κ1) is 22.5. The second kappa shape index (κ2) is 10.6. The molecule has 1 heterocycles. The molecule has 7 heteroatoms. The molecular weight excluding hydrogens is 390 g/mol. The maximum atomic E-state index is 11.6. The molecule has 0 fully saturated rings. The predicted octanol–water partition coefficient (Wildman–Crippen LogP) is 4.45. The number of fused-ring (bicyclic) bond motifs is 1. The molecule has 0 saturated heterocycles. The van der Waals surface area contributed by atoms with E-state index in [2.05, 4.69) is 10.3 Å². The molecule has 3 aromatic rings. The van der Waals surface area contributed by atoms with Gasteiger partial charge in [-0.05, 0) is 49.0 Å². The van der Waals surface area contributed by atoms with Crippen LogP contribution in [0.25, 0.3) is 10.9 Å². The normalized spacial score (nSPS) is 11.4. The number of nitrogens with one attached hydrogen (secondary N) is 1. The van der Waals surface area contributed by atoms with Gasteiger partial charge in [0.2, 0.25) is 0 Å². The van der Waals surface area contributed by atoms with Gasteiger partial charge in [0, 0.05) is 38.1 Å². The van der Waals surface area contributed by atoms with Crippen molar-refractivity contribution in [3.8, 4) is 11.5 Å². The van der Waals surface area contributed by atoms with E-state index in [1.54, 1.807) is 32.4 Å². The van der Waals surface area contributed by atoms with E-state index in [0.29, 0.717) is 12.4 Å². The molecule has 0 radical (unpaired) electrons. The third kappa shape index (κ3) is 6.07. The summed E-state index contributed by atoms with van der Waals surface area (Å²) in [5.74, 6) is 1.36. The fourth-order valence-corrected chi connectivity index (χ4v) is 2.88. The molecule has 1 amide bonds. The van der Waals surface area contributed by atoms with Crippen LogP contribution in [0, 0.1) is 0 Å². The largest absolute Gasteiger partial charge is 0.494 e. The molecule has 29 heavy (non-hydrogen) atoms. The maximum Gasteiger partial charge on any atom is 0.414 e. The fourth-order valence-electron chi connectivity index (χ4n) is 2.88. The van der Waals surface area contributed by atoms with E-state index in [1.807, 2.05) is 49.5 Å². The molecule has 3 rings (SSSR count). The van der Waals surface area contributed by atoms with Gasteiger partial charge < -0.3 is 19.7 Å². The van der Waals surface area contributed by atoms with E-state index in [0.717, 1.165) is 28.6 Å². The summed E-state index contributed by atoms with van der Waals surface area (Å²) in [6.45, 7) is 0.578. The average Bonchev–Trinajstić information content (AvgIpc) is 2.72. The van der Waals surface area contributed by atoms with E-state index < -0.39 is 6.09 Å². The summed E-state index contributed by atoms with van der Waals surface area (Å²) in [6.07, 6.45) is 2.20. The first-order valence-corrected chi connectivity index (χ1v) is 9.21. The van der Waals surface area contributed by atoms with Crippen molar-refractivity contribution < 1.29 is 14.3 Å². The number of benzene rings is 2.